The molecule has 0 bridgehead atoms. The largest absolute Gasteiger partial charge is 0.399 e. The number of hydrogen-bond acceptors (Lipinski definition) is 3. The summed E-state index contributed by atoms with van der Waals surface area (Å²) < 4.78 is 0. The van der Waals surface area contributed by atoms with E-state index in [2.05, 4.69) is 38.1 Å². The quantitative estimate of drug-likeness (QED) is 0.253. The summed E-state index contributed by atoms with van der Waals surface area (Å²) in [6.07, 6.45) is 11.0. The first-order valence-corrected chi connectivity index (χ1v) is 11.5. The van der Waals surface area contributed by atoms with Gasteiger partial charge in [-0.1, -0.05) is 89.5 Å². The minimum atomic E-state index is -0.487. The minimum Gasteiger partial charge on any atom is -0.399 e. The Kier molecular flexibility index (Phi) is 10.1. The molecular formula is C26H40N2O. The molecule has 0 radical (unpaired) electrons. The molecule has 0 saturated carbocycles. The molecule has 2 rings (SSSR count). The Hall–Kier alpha value is -2.00. The molecule has 0 aliphatic heterocycles. The maximum Gasteiger partial charge on any atom is 0.0810 e. The lowest BCUT2D eigenvalue weighted by molar-refractivity contribution is 0.164. The normalized spacial score (nSPS) is 13.3. The van der Waals surface area contributed by atoms with E-state index in [0.29, 0.717) is 11.6 Å². The number of aliphatic hydroxyl groups excluding tert-OH is 1. The van der Waals surface area contributed by atoms with Crippen molar-refractivity contribution in [3.63, 3.8) is 0 Å². The molecule has 0 fully saturated rings. The summed E-state index contributed by atoms with van der Waals surface area (Å²) in [7, 11) is 0. The van der Waals surface area contributed by atoms with Crippen LogP contribution in [-0.4, -0.2) is 5.11 Å². The van der Waals surface area contributed by atoms with Gasteiger partial charge in [-0.05, 0) is 42.2 Å². The Morgan fingerprint density at radius 2 is 1.31 bits per heavy atom. The van der Waals surface area contributed by atoms with Crippen LogP contribution < -0.4 is 11.5 Å². The van der Waals surface area contributed by atoms with Crippen molar-refractivity contribution in [2.75, 3.05) is 11.5 Å². The first kappa shape index (κ1) is 23.3. The molecule has 0 heterocycles. The molecule has 2 aromatic carbocycles. The van der Waals surface area contributed by atoms with Crippen LogP contribution >= 0.6 is 0 Å². The van der Waals surface area contributed by atoms with Crippen molar-refractivity contribution >= 4 is 11.4 Å². The number of nitrogens with two attached hydrogens (primary N) is 2. The Morgan fingerprint density at radius 1 is 0.724 bits per heavy atom. The molecular weight excluding hydrogens is 356 g/mol. The zero-order valence-electron chi connectivity index (χ0n) is 18.4. The average Bonchev–Trinajstić information content (AvgIpc) is 2.73. The summed E-state index contributed by atoms with van der Waals surface area (Å²) in [5.41, 5.74) is 17.0. The number of aliphatic hydroxyl groups is 1. The van der Waals surface area contributed by atoms with E-state index < -0.39 is 6.10 Å². The van der Waals surface area contributed by atoms with Crippen LogP contribution in [0.5, 0.6) is 0 Å². The lowest BCUT2D eigenvalue weighted by Crippen LogP contribution is -2.07. The third-order valence-electron chi connectivity index (χ3n) is 5.89. The fourth-order valence-electron chi connectivity index (χ4n) is 4.05. The molecule has 2 aromatic rings. The average molecular weight is 397 g/mol. The number of anilines is 2. The molecule has 2 unspecified atom stereocenters. The zero-order valence-corrected chi connectivity index (χ0v) is 18.4. The Morgan fingerprint density at radius 3 is 1.93 bits per heavy atom. The highest BCUT2D eigenvalue weighted by Crippen LogP contribution is 2.35. The monoisotopic (exact) mass is 396 g/mol. The molecule has 160 valence electrons. The van der Waals surface area contributed by atoms with Crippen molar-refractivity contribution in [2.24, 2.45) is 0 Å². The van der Waals surface area contributed by atoms with Gasteiger partial charge in [-0.15, -0.1) is 0 Å². The Bertz CT molecular complexity index is 711. The van der Waals surface area contributed by atoms with Crippen molar-refractivity contribution in [3.8, 4) is 0 Å². The third-order valence-corrected chi connectivity index (χ3v) is 5.89. The van der Waals surface area contributed by atoms with Crippen LogP contribution in [0.25, 0.3) is 0 Å². The number of rotatable bonds is 13. The summed E-state index contributed by atoms with van der Waals surface area (Å²) in [5, 5.41) is 10.8. The molecule has 3 heteroatoms. The molecule has 5 N–H and O–H groups in total. The number of unbranched alkanes of at least 4 members (excludes halogenated alkanes) is 6. The Balaban J connectivity index is 2.21. The van der Waals surface area contributed by atoms with Crippen LogP contribution in [0.1, 0.15) is 107 Å². The molecule has 0 aromatic heterocycles. The van der Waals surface area contributed by atoms with Crippen LogP contribution in [0.4, 0.5) is 11.4 Å². The maximum absolute atomic E-state index is 10.8. The van der Waals surface area contributed by atoms with Gasteiger partial charge in [-0.25, -0.2) is 0 Å². The summed E-state index contributed by atoms with van der Waals surface area (Å²) in [4.78, 5) is 0. The fourth-order valence-corrected chi connectivity index (χ4v) is 4.05. The van der Waals surface area contributed by atoms with E-state index in [1.807, 2.05) is 18.2 Å². The van der Waals surface area contributed by atoms with Crippen LogP contribution in [0, 0.1) is 0 Å². The fraction of sp³-hybridized carbons (Fsp3) is 0.538. The van der Waals surface area contributed by atoms with E-state index in [-0.39, 0.29) is 0 Å². The van der Waals surface area contributed by atoms with Crippen LogP contribution in [-0.2, 0) is 0 Å². The second kappa shape index (κ2) is 12.5. The smallest absolute Gasteiger partial charge is 0.0810 e. The predicted octanol–water partition coefficient (Wildman–Crippen LogP) is 6.96. The highest BCUT2D eigenvalue weighted by Gasteiger charge is 2.18. The lowest BCUT2D eigenvalue weighted by atomic mass is 9.85. The van der Waals surface area contributed by atoms with E-state index in [4.69, 9.17) is 11.5 Å². The molecule has 0 aliphatic carbocycles. The highest BCUT2D eigenvalue weighted by atomic mass is 16.3. The van der Waals surface area contributed by atoms with Crippen LogP contribution in [0.15, 0.2) is 42.5 Å². The number of hydrogen-bond donors (Lipinski definition) is 3. The van der Waals surface area contributed by atoms with Gasteiger partial charge in [0.25, 0.3) is 0 Å². The van der Waals surface area contributed by atoms with Crippen molar-refractivity contribution in [1.82, 2.24) is 0 Å². The van der Waals surface area contributed by atoms with Gasteiger partial charge in [0, 0.05) is 22.9 Å². The Labute approximate surface area is 177 Å². The molecule has 0 saturated heterocycles. The summed E-state index contributed by atoms with van der Waals surface area (Å²) in [6.45, 7) is 4.45. The van der Waals surface area contributed by atoms with E-state index in [9.17, 15) is 5.11 Å². The van der Waals surface area contributed by atoms with Gasteiger partial charge < -0.3 is 16.6 Å². The van der Waals surface area contributed by atoms with Gasteiger partial charge in [-0.2, -0.15) is 0 Å². The number of benzene rings is 2. The predicted molar refractivity (Wildman–Crippen MR) is 126 cm³/mol. The van der Waals surface area contributed by atoms with E-state index >= 15 is 0 Å². The first-order valence-electron chi connectivity index (χ1n) is 11.5. The summed E-state index contributed by atoms with van der Waals surface area (Å²) in [6, 6.07) is 14.5. The molecule has 0 amide bonds. The highest BCUT2D eigenvalue weighted by molar-refractivity contribution is 5.52. The topological polar surface area (TPSA) is 72.3 Å². The van der Waals surface area contributed by atoms with Gasteiger partial charge in [0.05, 0.1) is 6.10 Å². The zero-order chi connectivity index (χ0) is 21.1. The van der Waals surface area contributed by atoms with Gasteiger partial charge >= 0.3 is 0 Å². The second-order valence-corrected chi connectivity index (χ2v) is 8.32. The molecule has 3 nitrogen and oxygen atoms in total. The molecule has 0 spiro atoms. The summed E-state index contributed by atoms with van der Waals surface area (Å²) in [5.74, 6) is 0.305. The van der Waals surface area contributed by atoms with E-state index in [0.717, 1.165) is 30.5 Å². The lowest BCUT2D eigenvalue weighted by Gasteiger charge is -2.21. The standard InChI is InChI=1S/C26H40N2O/c1-3-5-7-9-11-23(20-13-16-22(27)17-14-20)21-15-18-25(28)24(19-21)26(29)12-10-8-6-4-2/h13-19,23,26,29H,3-12,27-28H2,1-2H3. The molecule has 0 aliphatic rings. The SMILES string of the molecule is CCCCCCC(O)c1cc(C(CCCCCC)c2ccc(N)cc2)ccc1N. The van der Waals surface area contributed by atoms with Gasteiger partial charge in [0.1, 0.15) is 0 Å². The van der Waals surface area contributed by atoms with Gasteiger partial charge in [0.15, 0.2) is 0 Å². The van der Waals surface area contributed by atoms with Crippen molar-refractivity contribution in [1.29, 1.82) is 0 Å². The maximum atomic E-state index is 10.8. The first-order chi connectivity index (χ1) is 14.1. The van der Waals surface area contributed by atoms with E-state index in [1.54, 1.807) is 0 Å². The van der Waals surface area contributed by atoms with E-state index in [1.165, 1.54) is 56.1 Å². The van der Waals surface area contributed by atoms with Gasteiger partial charge in [-0.3, -0.25) is 0 Å². The van der Waals surface area contributed by atoms with Crippen molar-refractivity contribution in [2.45, 2.75) is 90.1 Å². The van der Waals surface area contributed by atoms with Crippen molar-refractivity contribution < 1.29 is 5.11 Å². The van der Waals surface area contributed by atoms with Crippen LogP contribution in [0.3, 0.4) is 0 Å². The summed E-state index contributed by atoms with van der Waals surface area (Å²) >= 11 is 0. The third kappa shape index (κ3) is 7.40. The van der Waals surface area contributed by atoms with Crippen molar-refractivity contribution in [3.05, 3.63) is 59.2 Å². The van der Waals surface area contributed by atoms with Crippen LogP contribution in [0.2, 0.25) is 0 Å². The van der Waals surface area contributed by atoms with Gasteiger partial charge in [0.2, 0.25) is 0 Å². The minimum absolute atomic E-state index is 0.305. The number of nitrogen functional groups attached to an aromatic ring is 2. The molecule has 29 heavy (non-hydrogen) atoms. The molecule has 2 atom stereocenters. The second-order valence-electron chi connectivity index (χ2n) is 8.32.